The Morgan fingerprint density at radius 2 is 2.25 bits per heavy atom. The monoisotopic (exact) mass is 222 g/mol. The van der Waals surface area contributed by atoms with Crippen LogP contribution in [0.1, 0.15) is 23.6 Å². The highest BCUT2D eigenvalue weighted by Gasteiger charge is 2.11. The zero-order chi connectivity index (χ0) is 8.55. The molecule has 0 fully saturated rings. The lowest BCUT2D eigenvalue weighted by molar-refractivity contribution is 1.08. The van der Waals surface area contributed by atoms with Crippen molar-refractivity contribution in [2.45, 2.75) is 19.8 Å². The van der Waals surface area contributed by atoms with Crippen LogP contribution in [0.4, 0.5) is 0 Å². The molecule has 1 aliphatic carbocycles. The molecule has 1 aliphatic rings. The van der Waals surface area contributed by atoms with Crippen molar-refractivity contribution in [2.24, 2.45) is 0 Å². The van der Waals surface area contributed by atoms with Crippen LogP contribution in [0.3, 0.4) is 0 Å². The van der Waals surface area contributed by atoms with E-state index >= 15 is 0 Å². The quantitative estimate of drug-likeness (QED) is 0.682. The molecule has 1 heteroatoms. The minimum absolute atomic E-state index is 1.11. The summed E-state index contributed by atoms with van der Waals surface area (Å²) >= 11 is 3.56. The molecule has 0 aromatic heterocycles. The second kappa shape index (κ2) is 3.06. The summed E-state index contributed by atoms with van der Waals surface area (Å²) in [5.74, 6) is 0. The zero-order valence-electron chi connectivity index (χ0n) is 7.10. The third-order valence-corrected chi connectivity index (χ3v) is 3.08. The van der Waals surface area contributed by atoms with Crippen LogP contribution in [-0.2, 0) is 12.8 Å². The molecule has 1 aromatic rings. The van der Waals surface area contributed by atoms with E-state index in [4.69, 9.17) is 0 Å². The highest BCUT2D eigenvalue weighted by atomic mass is 79.9. The lowest BCUT2D eigenvalue weighted by atomic mass is 10.0. The molecule has 62 valence electrons. The van der Waals surface area contributed by atoms with Gasteiger partial charge in [-0.25, -0.2) is 0 Å². The second-order valence-corrected chi connectivity index (χ2v) is 3.91. The fourth-order valence-electron chi connectivity index (χ4n) is 1.73. The molecule has 0 nitrogen and oxygen atoms in total. The van der Waals surface area contributed by atoms with Gasteiger partial charge in [0.15, 0.2) is 0 Å². The average molecular weight is 223 g/mol. The lowest BCUT2D eigenvalue weighted by Crippen LogP contribution is -1.91. The molecule has 2 rings (SSSR count). The van der Waals surface area contributed by atoms with Crippen molar-refractivity contribution in [3.05, 3.63) is 39.4 Å². The molecule has 0 N–H and O–H groups in total. The number of aryl methyl sites for hydroxylation is 1. The SMILES string of the molecule is CCc1ccc(Br)c2c1CC=C2. The molecular weight excluding hydrogens is 212 g/mol. The summed E-state index contributed by atoms with van der Waals surface area (Å²) in [6.45, 7) is 2.21. The fourth-order valence-corrected chi connectivity index (χ4v) is 2.23. The standard InChI is InChI=1S/C11H11Br/c1-2-8-6-7-11(12)10-5-3-4-9(8)10/h3,5-7H,2,4H2,1H3. The van der Waals surface area contributed by atoms with E-state index in [9.17, 15) is 0 Å². The van der Waals surface area contributed by atoms with Crippen LogP contribution in [0.2, 0.25) is 0 Å². The topological polar surface area (TPSA) is 0 Å². The summed E-state index contributed by atoms with van der Waals surface area (Å²) in [6, 6.07) is 4.36. The molecule has 0 spiro atoms. The molecule has 12 heavy (non-hydrogen) atoms. The molecule has 0 amide bonds. The molecule has 0 saturated carbocycles. The van der Waals surface area contributed by atoms with Gasteiger partial charge in [-0.2, -0.15) is 0 Å². The van der Waals surface area contributed by atoms with Crippen LogP contribution in [-0.4, -0.2) is 0 Å². The van der Waals surface area contributed by atoms with Crippen LogP contribution < -0.4 is 0 Å². The van der Waals surface area contributed by atoms with Crippen LogP contribution in [0.25, 0.3) is 6.08 Å². The van der Waals surface area contributed by atoms with Crippen molar-refractivity contribution < 1.29 is 0 Å². The Labute approximate surface area is 81.4 Å². The number of rotatable bonds is 1. The van der Waals surface area contributed by atoms with E-state index in [1.54, 1.807) is 0 Å². The summed E-state index contributed by atoms with van der Waals surface area (Å²) in [4.78, 5) is 0. The number of halogens is 1. The molecule has 0 radical (unpaired) electrons. The maximum Gasteiger partial charge on any atom is 0.0250 e. The normalized spacial score (nSPS) is 13.5. The second-order valence-electron chi connectivity index (χ2n) is 3.06. The summed E-state index contributed by atoms with van der Waals surface area (Å²) in [5, 5.41) is 0. The molecular formula is C11H11Br. The molecule has 0 aliphatic heterocycles. The summed E-state index contributed by atoms with van der Waals surface area (Å²) < 4.78 is 1.23. The smallest absolute Gasteiger partial charge is 0.0250 e. The predicted octanol–water partition coefficient (Wildman–Crippen LogP) is 3.58. The molecule has 0 saturated heterocycles. The first-order valence-electron chi connectivity index (χ1n) is 4.29. The Kier molecular flexibility index (Phi) is 2.05. The van der Waals surface area contributed by atoms with Crippen molar-refractivity contribution in [1.29, 1.82) is 0 Å². The van der Waals surface area contributed by atoms with E-state index < -0.39 is 0 Å². The summed E-state index contributed by atoms with van der Waals surface area (Å²) in [7, 11) is 0. The third kappa shape index (κ3) is 1.13. The minimum Gasteiger partial charge on any atom is -0.0795 e. The van der Waals surface area contributed by atoms with E-state index in [0.717, 1.165) is 12.8 Å². The summed E-state index contributed by atoms with van der Waals surface area (Å²) in [6.07, 6.45) is 6.68. The Hall–Kier alpha value is -0.560. The van der Waals surface area contributed by atoms with Gasteiger partial charge in [0.25, 0.3) is 0 Å². The predicted molar refractivity (Wildman–Crippen MR) is 56.3 cm³/mol. The van der Waals surface area contributed by atoms with Gasteiger partial charge in [-0.05, 0) is 35.6 Å². The average Bonchev–Trinajstić information content (AvgIpc) is 2.54. The van der Waals surface area contributed by atoms with Gasteiger partial charge >= 0.3 is 0 Å². The van der Waals surface area contributed by atoms with Crippen molar-refractivity contribution in [3.63, 3.8) is 0 Å². The van der Waals surface area contributed by atoms with Gasteiger partial charge in [-0.3, -0.25) is 0 Å². The van der Waals surface area contributed by atoms with Gasteiger partial charge < -0.3 is 0 Å². The summed E-state index contributed by atoms with van der Waals surface area (Å²) in [5.41, 5.74) is 4.37. The van der Waals surface area contributed by atoms with E-state index in [1.807, 2.05) is 0 Å². The first kappa shape index (κ1) is 8.06. The highest BCUT2D eigenvalue weighted by Crippen LogP contribution is 2.30. The first-order chi connectivity index (χ1) is 5.83. The largest absolute Gasteiger partial charge is 0.0795 e. The fraction of sp³-hybridized carbons (Fsp3) is 0.273. The Balaban J connectivity index is 2.61. The Bertz CT molecular complexity index is 337. The maximum absolute atomic E-state index is 3.56. The van der Waals surface area contributed by atoms with Gasteiger partial charge in [-0.15, -0.1) is 0 Å². The van der Waals surface area contributed by atoms with Gasteiger partial charge in [0.1, 0.15) is 0 Å². The van der Waals surface area contributed by atoms with Crippen molar-refractivity contribution in [3.8, 4) is 0 Å². The number of allylic oxidation sites excluding steroid dienone is 1. The molecule has 0 atom stereocenters. The zero-order valence-corrected chi connectivity index (χ0v) is 8.69. The lowest BCUT2D eigenvalue weighted by Gasteiger charge is -2.07. The van der Waals surface area contributed by atoms with Crippen LogP contribution in [0.5, 0.6) is 0 Å². The number of hydrogen-bond donors (Lipinski definition) is 0. The van der Waals surface area contributed by atoms with Gasteiger partial charge in [0.2, 0.25) is 0 Å². The third-order valence-electron chi connectivity index (χ3n) is 2.39. The Morgan fingerprint density at radius 3 is 3.00 bits per heavy atom. The van der Waals surface area contributed by atoms with E-state index in [0.29, 0.717) is 0 Å². The van der Waals surface area contributed by atoms with Crippen molar-refractivity contribution in [2.75, 3.05) is 0 Å². The molecule has 0 bridgehead atoms. The van der Waals surface area contributed by atoms with E-state index in [-0.39, 0.29) is 0 Å². The van der Waals surface area contributed by atoms with E-state index in [1.165, 1.54) is 21.2 Å². The molecule has 0 unspecified atom stereocenters. The van der Waals surface area contributed by atoms with Crippen molar-refractivity contribution >= 4 is 22.0 Å². The highest BCUT2D eigenvalue weighted by molar-refractivity contribution is 9.10. The molecule has 1 aromatic carbocycles. The first-order valence-corrected chi connectivity index (χ1v) is 5.09. The number of benzene rings is 1. The van der Waals surface area contributed by atoms with Crippen LogP contribution in [0, 0.1) is 0 Å². The van der Waals surface area contributed by atoms with Gasteiger partial charge in [0, 0.05) is 4.47 Å². The Morgan fingerprint density at radius 1 is 1.42 bits per heavy atom. The van der Waals surface area contributed by atoms with Gasteiger partial charge in [-0.1, -0.05) is 41.1 Å². The van der Waals surface area contributed by atoms with E-state index in [2.05, 4.69) is 47.1 Å². The van der Waals surface area contributed by atoms with Crippen LogP contribution >= 0.6 is 15.9 Å². The number of fused-ring (bicyclic) bond motifs is 1. The van der Waals surface area contributed by atoms with Crippen molar-refractivity contribution in [1.82, 2.24) is 0 Å². The van der Waals surface area contributed by atoms with Gasteiger partial charge in [0.05, 0.1) is 0 Å². The molecule has 0 heterocycles. The van der Waals surface area contributed by atoms with Crippen LogP contribution in [0.15, 0.2) is 22.7 Å². The maximum atomic E-state index is 3.56. The minimum atomic E-state index is 1.11. The number of hydrogen-bond acceptors (Lipinski definition) is 0.